The molecule has 0 spiro atoms. The maximum absolute atomic E-state index is 11.9. The van der Waals surface area contributed by atoms with Crippen LogP contribution in [-0.2, 0) is 9.53 Å². The monoisotopic (exact) mass is 226 g/mol. The van der Waals surface area contributed by atoms with Gasteiger partial charge in [0.25, 0.3) is 0 Å². The number of amides is 1. The highest BCUT2D eigenvalue weighted by Gasteiger charge is 2.29. The molecule has 1 aliphatic carbocycles. The van der Waals surface area contributed by atoms with E-state index in [4.69, 9.17) is 4.74 Å². The fourth-order valence-electron chi connectivity index (χ4n) is 2.20. The summed E-state index contributed by atoms with van der Waals surface area (Å²) < 4.78 is 5.41. The van der Waals surface area contributed by atoms with Crippen molar-refractivity contribution in [3.05, 3.63) is 0 Å². The van der Waals surface area contributed by atoms with E-state index in [0.717, 1.165) is 19.5 Å². The van der Waals surface area contributed by atoms with Gasteiger partial charge in [-0.05, 0) is 25.2 Å². The maximum Gasteiger partial charge on any atom is 0.236 e. The first-order valence-electron chi connectivity index (χ1n) is 6.24. The summed E-state index contributed by atoms with van der Waals surface area (Å²) in [6, 6.07) is 0.603. The van der Waals surface area contributed by atoms with Gasteiger partial charge in [0.2, 0.25) is 5.91 Å². The number of rotatable bonds is 4. The van der Waals surface area contributed by atoms with Crippen molar-refractivity contribution in [1.29, 1.82) is 0 Å². The molecule has 4 nitrogen and oxygen atoms in total. The molecule has 2 fully saturated rings. The molecule has 0 aromatic rings. The topological polar surface area (TPSA) is 41.6 Å². The van der Waals surface area contributed by atoms with E-state index in [1.54, 1.807) is 7.11 Å². The zero-order valence-corrected chi connectivity index (χ0v) is 10.2. The number of nitrogens with one attached hydrogen (secondary N) is 1. The van der Waals surface area contributed by atoms with Crippen molar-refractivity contribution in [2.24, 2.45) is 5.92 Å². The van der Waals surface area contributed by atoms with Crippen LogP contribution in [0.1, 0.15) is 26.2 Å². The Morgan fingerprint density at radius 3 is 2.81 bits per heavy atom. The van der Waals surface area contributed by atoms with Gasteiger partial charge >= 0.3 is 0 Å². The fourth-order valence-corrected chi connectivity index (χ4v) is 2.20. The Morgan fingerprint density at radius 2 is 2.19 bits per heavy atom. The van der Waals surface area contributed by atoms with Gasteiger partial charge in [0.05, 0.1) is 12.6 Å². The molecule has 2 atom stereocenters. The van der Waals surface area contributed by atoms with Crippen molar-refractivity contribution in [3.63, 3.8) is 0 Å². The lowest BCUT2D eigenvalue weighted by Gasteiger charge is -2.36. The molecule has 92 valence electrons. The molecular formula is C12H22N2O2. The Bertz CT molecular complexity index is 253. The van der Waals surface area contributed by atoms with E-state index in [1.807, 2.05) is 4.90 Å². The minimum absolute atomic E-state index is 0.207. The lowest BCUT2D eigenvalue weighted by molar-refractivity contribution is -0.135. The summed E-state index contributed by atoms with van der Waals surface area (Å²) in [7, 11) is 1.73. The van der Waals surface area contributed by atoms with E-state index in [0.29, 0.717) is 18.5 Å². The van der Waals surface area contributed by atoms with Gasteiger partial charge in [-0.15, -0.1) is 0 Å². The summed E-state index contributed by atoms with van der Waals surface area (Å²) in [4.78, 5) is 13.8. The lowest BCUT2D eigenvalue weighted by Crippen LogP contribution is -2.49. The fraction of sp³-hybridized carbons (Fsp3) is 0.917. The number of methoxy groups -OCH3 is 1. The number of ether oxygens (including phenoxy) is 1. The van der Waals surface area contributed by atoms with Crippen molar-refractivity contribution in [2.45, 2.75) is 38.3 Å². The molecule has 1 saturated carbocycles. The van der Waals surface area contributed by atoms with Gasteiger partial charge in [0, 0.05) is 26.2 Å². The van der Waals surface area contributed by atoms with Crippen molar-refractivity contribution in [2.75, 3.05) is 26.7 Å². The third kappa shape index (κ3) is 2.95. The Hall–Kier alpha value is -0.610. The molecule has 0 radical (unpaired) electrons. The van der Waals surface area contributed by atoms with Crippen LogP contribution in [0, 0.1) is 5.92 Å². The van der Waals surface area contributed by atoms with Crippen molar-refractivity contribution in [1.82, 2.24) is 10.2 Å². The number of hydrogen-bond donors (Lipinski definition) is 1. The second-order valence-corrected chi connectivity index (χ2v) is 5.04. The van der Waals surface area contributed by atoms with Crippen LogP contribution in [-0.4, -0.2) is 49.7 Å². The molecule has 4 heteroatoms. The second kappa shape index (κ2) is 5.15. The number of likely N-dealkylation sites (tertiary alicyclic amines) is 1. The zero-order chi connectivity index (χ0) is 11.5. The maximum atomic E-state index is 11.9. The van der Waals surface area contributed by atoms with Crippen LogP contribution in [0.15, 0.2) is 0 Å². The van der Waals surface area contributed by atoms with Gasteiger partial charge in [-0.1, -0.05) is 6.92 Å². The molecule has 1 amide bonds. The van der Waals surface area contributed by atoms with E-state index in [-0.39, 0.29) is 12.0 Å². The Balaban J connectivity index is 1.77. The molecule has 1 N–H and O–H groups in total. The summed E-state index contributed by atoms with van der Waals surface area (Å²) in [5, 5.41) is 3.27. The van der Waals surface area contributed by atoms with Gasteiger partial charge < -0.3 is 15.0 Å². The average molecular weight is 226 g/mol. The lowest BCUT2D eigenvalue weighted by atomic mass is 9.96. The first-order chi connectivity index (χ1) is 7.70. The van der Waals surface area contributed by atoms with Gasteiger partial charge in [-0.25, -0.2) is 0 Å². The minimum atomic E-state index is 0.207. The Labute approximate surface area is 97.3 Å². The molecule has 2 rings (SSSR count). The smallest absolute Gasteiger partial charge is 0.236 e. The van der Waals surface area contributed by atoms with Gasteiger partial charge in [0.15, 0.2) is 0 Å². The summed E-state index contributed by atoms with van der Waals surface area (Å²) >= 11 is 0. The number of carbonyl (C=O) groups is 1. The highest BCUT2D eigenvalue weighted by Crippen LogP contribution is 2.20. The van der Waals surface area contributed by atoms with E-state index in [9.17, 15) is 4.79 Å². The molecule has 0 aromatic heterocycles. The molecule has 1 aliphatic heterocycles. The van der Waals surface area contributed by atoms with Gasteiger partial charge in [-0.2, -0.15) is 0 Å². The van der Waals surface area contributed by atoms with Gasteiger partial charge in [-0.3, -0.25) is 4.79 Å². The average Bonchev–Trinajstić information content (AvgIpc) is 3.10. The highest BCUT2D eigenvalue weighted by molar-refractivity contribution is 5.78. The molecule has 0 aromatic carbocycles. The second-order valence-electron chi connectivity index (χ2n) is 5.04. The van der Waals surface area contributed by atoms with Crippen LogP contribution in [0.3, 0.4) is 0 Å². The largest absolute Gasteiger partial charge is 0.379 e. The summed E-state index contributed by atoms with van der Waals surface area (Å²) in [6.07, 6.45) is 3.71. The Morgan fingerprint density at radius 1 is 1.44 bits per heavy atom. The number of carbonyl (C=O) groups excluding carboxylic acids is 1. The normalized spacial score (nSPS) is 30.5. The highest BCUT2D eigenvalue weighted by atomic mass is 16.5. The first-order valence-corrected chi connectivity index (χ1v) is 6.24. The third-order valence-corrected chi connectivity index (χ3v) is 3.66. The molecule has 1 saturated heterocycles. The quantitative estimate of drug-likeness (QED) is 0.764. The van der Waals surface area contributed by atoms with Crippen LogP contribution >= 0.6 is 0 Å². The SMILES string of the molecule is COC1CN(C(=O)CNC2CC2)CCC1C. The number of nitrogens with zero attached hydrogens (tertiary/aromatic N) is 1. The van der Waals surface area contributed by atoms with Crippen LogP contribution < -0.4 is 5.32 Å². The molecule has 2 unspecified atom stereocenters. The summed E-state index contributed by atoms with van der Waals surface area (Å²) in [6.45, 7) is 4.32. The van der Waals surface area contributed by atoms with Crippen LogP contribution in [0.5, 0.6) is 0 Å². The predicted octanol–water partition coefficient (Wildman–Crippen LogP) is 0.622. The van der Waals surface area contributed by atoms with Crippen LogP contribution in [0.4, 0.5) is 0 Å². The standard InChI is InChI=1S/C12H22N2O2/c1-9-5-6-14(8-11(9)16-2)12(15)7-13-10-3-4-10/h9-11,13H,3-8H2,1-2H3. The summed E-state index contributed by atoms with van der Waals surface area (Å²) in [5.74, 6) is 0.784. The Kier molecular flexibility index (Phi) is 3.82. The van der Waals surface area contributed by atoms with Gasteiger partial charge in [0.1, 0.15) is 0 Å². The van der Waals surface area contributed by atoms with Crippen LogP contribution in [0.25, 0.3) is 0 Å². The third-order valence-electron chi connectivity index (χ3n) is 3.66. The zero-order valence-electron chi connectivity index (χ0n) is 10.2. The van der Waals surface area contributed by atoms with E-state index >= 15 is 0 Å². The van der Waals surface area contributed by atoms with E-state index < -0.39 is 0 Å². The number of piperidine rings is 1. The van der Waals surface area contributed by atoms with Crippen molar-refractivity contribution >= 4 is 5.91 Å². The molecule has 16 heavy (non-hydrogen) atoms. The molecule has 0 bridgehead atoms. The first kappa shape index (κ1) is 11.9. The van der Waals surface area contributed by atoms with E-state index in [1.165, 1.54) is 12.8 Å². The predicted molar refractivity (Wildman–Crippen MR) is 62.2 cm³/mol. The van der Waals surface area contributed by atoms with Crippen LogP contribution in [0.2, 0.25) is 0 Å². The minimum Gasteiger partial charge on any atom is -0.379 e. The molecule has 1 heterocycles. The van der Waals surface area contributed by atoms with Crippen molar-refractivity contribution < 1.29 is 9.53 Å². The molecular weight excluding hydrogens is 204 g/mol. The van der Waals surface area contributed by atoms with E-state index in [2.05, 4.69) is 12.2 Å². The van der Waals surface area contributed by atoms with Crippen molar-refractivity contribution in [3.8, 4) is 0 Å². The molecule has 2 aliphatic rings. The summed E-state index contributed by atoms with van der Waals surface area (Å²) in [5.41, 5.74) is 0. The number of hydrogen-bond acceptors (Lipinski definition) is 3.